The summed E-state index contributed by atoms with van der Waals surface area (Å²) in [6.45, 7) is 3.92. The van der Waals surface area contributed by atoms with Gasteiger partial charge in [-0.2, -0.15) is 14.9 Å². The third-order valence-corrected chi connectivity index (χ3v) is 6.93. The normalized spacial score (nSPS) is 11.4. The molecule has 176 valence electrons. The van der Waals surface area contributed by atoms with Crippen LogP contribution in [-0.4, -0.2) is 39.9 Å². The second kappa shape index (κ2) is 9.19. The lowest BCUT2D eigenvalue weighted by Crippen LogP contribution is -2.17. The molecule has 0 bridgehead atoms. The average molecular weight is 486 g/mol. The van der Waals surface area contributed by atoms with Crippen LogP contribution in [0.2, 0.25) is 0 Å². The molecule has 35 heavy (non-hydrogen) atoms. The van der Waals surface area contributed by atoms with Crippen molar-refractivity contribution in [1.82, 2.24) is 19.4 Å². The molecule has 2 aromatic carbocycles. The molecular formula is C26H23N5O3S. The number of benzene rings is 2. The van der Waals surface area contributed by atoms with E-state index < -0.39 is 0 Å². The molecule has 0 unspecified atom stereocenters. The molecule has 3 aromatic heterocycles. The van der Waals surface area contributed by atoms with Gasteiger partial charge in [0.15, 0.2) is 11.5 Å². The number of hydrogen-bond donors (Lipinski definition) is 0. The van der Waals surface area contributed by atoms with E-state index in [0.29, 0.717) is 22.6 Å². The Bertz CT molecular complexity index is 1620. The Morgan fingerprint density at radius 3 is 2.54 bits per heavy atom. The van der Waals surface area contributed by atoms with Crippen molar-refractivity contribution in [2.24, 2.45) is 5.10 Å². The zero-order chi connectivity index (χ0) is 24.5. The summed E-state index contributed by atoms with van der Waals surface area (Å²) < 4.78 is 13.9. The van der Waals surface area contributed by atoms with Gasteiger partial charge in [0, 0.05) is 22.2 Å². The van der Waals surface area contributed by atoms with Gasteiger partial charge in [-0.1, -0.05) is 18.2 Å². The fraction of sp³-hybridized carbons (Fsp3) is 0.154. The zero-order valence-electron chi connectivity index (χ0n) is 19.7. The van der Waals surface area contributed by atoms with Gasteiger partial charge in [0.25, 0.3) is 5.56 Å². The Hall–Kier alpha value is -4.24. The first-order valence-corrected chi connectivity index (χ1v) is 11.7. The van der Waals surface area contributed by atoms with Crippen molar-refractivity contribution in [3.05, 3.63) is 87.4 Å². The summed E-state index contributed by atoms with van der Waals surface area (Å²) in [4.78, 5) is 19.3. The molecule has 0 atom stereocenters. The topological polar surface area (TPSA) is 83.5 Å². The maximum atomic E-state index is 13.1. The highest BCUT2D eigenvalue weighted by atomic mass is 32.1. The monoisotopic (exact) mass is 485 g/mol. The van der Waals surface area contributed by atoms with Gasteiger partial charge in [0.05, 0.1) is 31.5 Å². The first kappa shape index (κ1) is 22.5. The van der Waals surface area contributed by atoms with Crippen LogP contribution in [0.4, 0.5) is 0 Å². The number of fused-ring (bicyclic) bond motifs is 1. The molecule has 0 N–H and O–H groups in total. The van der Waals surface area contributed by atoms with E-state index in [2.05, 4.69) is 10.1 Å². The number of aryl methyl sites for hydroxylation is 2. The van der Waals surface area contributed by atoms with Crippen LogP contribution in [0.25, 0.3) is 27.2 Å². The maximum Gasteiger partial charge on any atom is 0.282 e. The highest BCUT2D eigenvalue weighted by molar-refractivity contribution is 7.18. The van der Waals surface area contributed by atoms with Crippen LogP contribution in [0, 0.1) is 13.8 Å². The smallest absolute Gasteiger partial charge is 0.282 e. The number of thiophene rings is 1. The Morgan fingerprint density at radius 1 is 1.03 bits per heavy atom. The van der Waals surface area contributed by atoms with Crippen molar-refractivity contribution >= 4 is 27.8 Å². The first-order chi connectivity index (χ1) is 17.0. The molecule has 0 saturated carbocycles. The van der Waals surface area contributed by atoms with Crippen molar-refractivity contribution in [2.45, 2.75) is 13.8 Å². The largest absolute Gasteiger partial charge is 0.493 e. The number of ether oxygens (including phenoxy) is 2. The SMILES string of the molecule is COc1ccc(-c2nn(-c3ccccc3)cc2C=Nn2cnc3sc(C)c(C)c3c2=O)cc1OC. The quantitative estimate of drug-likeness (QED) is 0.322. The van der Waals surface area contributed by atoms with E-state index in [1.165, 1.54) is 22.3 Å². The lowest BCUT2D eigenvalue weighted by Gasteiger charge is -2.09. The summed E-state index contributed by atoms with van der Waals surface area (Å²) in [6, 6.07) is 15.4. The van der Waals surface area contributed by atoms with Crippen LogP contribution in [0.15, 0.2) is 71.0 Å². The van der Waals surface area contributed by atoms with Crippen LogP contribution in [0.5, 0.6) is 11.5 Å². The third-order valence-electron chi connectivity index (χ3n) is 5.81. The molecule has 0 radical (unpaired) electrons. The number of hydrogen-bond acceptors (Lipinski definition) is 7. The minimum atomic E-state index is -0.198. The summed E-state index contributed by atoms with van der Waals surface area (Å²) in [6.07, 6.45) is 4.96. The summed E-state index contributed by atoms with van der Waals surface area (Å²) >= 11 is 1.51. The number of methoxy groups -OCH3 is 2. The van der Waals surface area contributed by atoms with Crippen molar-refractivity contribution < 1.29 is 9.47 Å². The fourth-order valence-corrected chi connectivity index (χ4v) is 4.82. The molecule has 0 aliphatic carbocycles. The Kier molecular flexibility index (Phi) is 5.92. The number of para-hydroxylation sites is 1. The molecule has 8 nitrogen and oxygen atoms in total. The van der Waals surface area contributed by atoms with E-state index in [-0.39, 0.29) is 5.56 Å². The van der Waals surface area contributed by atoms with Crippen molar-refractivity contribution in [1.29, 1.82) is 0 Å². The van der Waals surface area contributed by atoms with Crippen LogP contribution < -0.4 is 15.0 Å². The van der Waals surface area contributed by atoms with Gasteiger partial charge < -0.3 is 9.47 Å². The summed E-state index contributed by atoms with van der Waals surface area (Å²) in [7, 11) is 3.19. The molecule has 0 amide bonds. The Morgan fingerprint density at radius 2 is 1.80 bits per heavy atom. The molecule has 9 heteroatoms. The van der Waals surface area contributed by atoms with Crippen LogP contribution >= 0.6 is 11.3 Å². The molecule has 0 fully saturated rings. The highest BCUT2D eigenvalue weighted by Crippen LogP contribution is 2.33. The first-order valence-electron chi connectivity index (χ1n) is 10.9. The Balaban J connectivity index is 1.63. The summed E-state index contributed by atoms with van der Waals surface area (Å²) in [5, 5.41) is 9.87. The number of rotatable bonds is 6. The molecule has 0 aliphatic rings. The summed E-state index contributed by atoms with van der Waals surface area (Å²) in [5.74, 6) is 1.22. The maximum absolute atomic E-state index is 13.1. The van der Waals surface area contributed by atoms with Gasteiger partial charge in [-0.3, -0.25) is 4.79 Å². The van der Waals surface area contributed by atoms with E-state index in [4.69, 9.17) is 14.6 Å². The van der Waals surface area contributed by atoms with Gasteiger partial charge in [0.2, 0.25) is 0 Å². The second-order valence-electron chi connectivity index (χ2n) is 7.89. The molecule has 0 saturated heterocycles. The van der Waals surface area contributed by atoms with Crippen molar-refractivity contribution in [3.8, 4) is 28.4 Å². The summed E-state index contributed by atoms with van der Waals surface area (Å²) in [5.41, 5.74) is 3.88. The lowest BCUT2D eigenvalue weighted by atomic mass is 10.1. The molecule has 3 heterocycles. The van der Waals surface area contributed by atoms with Gasteiger partial charge in [-0.25, -0.2) is 9.67 Å². The molecule has 0 aliphatic heterocycles. The molecule has 5 aromatic rings. The second-order valence-corrected chi connectivity index (χ2v) is 9.09. The minimum Gasteiger partial charge on any atom is -0.493 e. The zero-order valence-corrected chi connectivity index (χ0v) is 20.5. The lowest BCUT2D eigenvalue weighted by molar-refractivity contribution is 0.355. The van der Waals surface area contributed by atoms with E-state index in [1.807, 2.05) is 68.6 Å². The van der Waals surface area contributed by atoms with Crippen LogP contribution in [0.1, 0.15) is 16.0 Å². The molecule has 0 spiro atoms. The van der Waals surface area contributed by atoms with Crippen molar-refractivity contribution in [3.63, 3.8) is 0 Å². The molecular weight excluding hydrogens is 462 g/mol. The van der Waals surface area contributed by atoms with E-state index in [1.54, 1.807) is 25.1 Å². The van der Waals surface area contributed by atoms with E-state index >= 15 is 0 Å². The van der Waals surface area contributed by atoms with Gasteiger partial charge >= 0.3 is 0 Å². The predicted molar refractivity (Wildman–Crippen MR) is 138 cm³/mol. The fourth-order valence-electron chi connectivity index (χ4n) is 3.84. The van der Waals surface area contributed by atoms with Crippen LogP contribution in [-0.2, 0) is 0 Å². The van der Waals surface area contributed by atoms with Crippen LogP contribution in [0.3, 0.4) is 0 Å². The number of nitrogens with zero attached hydrogens (tertiary/aromatic N) is 5. The van der Waals surface area contributed by atoms with E-state index in [0.717, 1.165) is 32.1 Å². The third kappa shape index (κ3) is 4.10. The van der Waals surface area contributed by atoms with Gasteiger partial charge in [-0.05, 0) is 49.7 Å². The Labute approximate surface area is 205 Å². The van der Waals surface area contributed by atoms with Gasteiger partial charge in [-0.15, -0.1) is 11.3 Å². The van der Waals surface area contributed by atoms with Crippen molar-refractivity contribution in [2.75, 3.05) is 14.2 Å². The molecule has 5 rings (SSSR count). The van der Waals surface area contributed by atoms with E-state index in [9.17, 15) is 4.79 Å². The average Bonchev–Trinajstić information content (AvgIpc) is 3.44. The van der Waals surface area contributed by atoms with Gasteiger partial charge in [0.1, 0.15) is 16.9 Å². The standard InChI is InChI=1S/C26H23N5O3S/c1-16-17(2)35-25-23(16)26(32)31(15-27-25)28-13-19-14-30(20-8-6-5-7-9-20)29-24(19)18-10-11-21(33-3)22(12-18)34-4/h5-15H,1-4H3. The minimum absolute atomic E-state index is 0.198. The highest BCUT2D eigenvalue weighted by Gasteiger charge is 2.15. The predicted octanol–water partition coefficient (Wildman–Crippen LogP) is 4.83. The number of aromatic nitrogens is 4.